The molecule has 0 unspecified atom stereocenters. The Morgan fingerprint density at radius 1 is 1.46 bits per heavy atom. The van der Waals surface area contributed by atoms with Gasteiger partial charge in [0.25, 0.3) is 5.91 Å². The van der Waals surface area contributed by atoms with E-state index in [4.69, 9.17) is 4.74 Å². The Balaban J connectivity index is 2.01. The van der Waals surface area contributed by atoms with Gasteiger partial charge in [-0.1, -0.05) is 17.8 Å². The number of sulfone groups is 1. The molecule has 24 heavy (non-hydrogen) atoms. The van der Waals surface area contributed by atoms with E-state index in [9.17, 15) is 17.6 Å². The number of nitrogens with zero attached hydrogens (tertiary/aromatic N) is 2. The summed E-state index contributed by atoms with van der Waals surface area (Å²) in [7, 11) is -1.75. The average Bonchev–Trinajstić information content (AvgIpc) is 2.93. The minimum atomic E-state index is -3.15. The number of carbonyl (C=O) groups excluding carboxylic acids is 1. The van der Waals surface area contributed by atoms with Crippen LogP contribution >= 0.6 is 11.8 Å². The van der Waals surface area contributed by atoms with E-state index in [2.05, 4.69) is 4.99 Å². The molecular weight excluding hydrogens is 355 g/mol. The molecule has 2 saturated heterocycles. The first-order valence-electron chi connectivity index (χ1n) is 7.33. The van der Waals surface area contributed by atoms with Gasteiger partial charge in [0, 0.05) is 18.0 Å². The number of carbonyl (C=O) groups is 1. The highest BCUT2D eigenvalue weighted by atomic mass is 32.2. The molecule has 6 nitrogen and oxygen atoms in total. The second-order valence-corrected chi connectivity index (χ2v) is 9.19. The van der Waals surface area contributed by atoms with Crippen molar-refractivity contribution < 1.29 is 22.3 Å². The van der Waals surface area contributed by atoms with Crippen LogP contribution in [0.4, 0.5) is 10.1 Å². The number of benzene rings is 1. The number of aliphatic imine (C=N–C) groups is 1. The summed E-state index contributed by atoms with van der Waals surface area (Å²) >= 11 is 1.25. The summed E-state index contributed by atoms with van der Waals surface area (Å²) in [5, 5.41) is 0.179. The molecule has 0 saturated carbocycles. The molecule has 2 fully saturated rings. The number of amidine groups is 1. The molecule has 0 aromatic heterocycles. The van der Waals surface area contributed by atoms with Crippen LogP contribution in [0.15, 0.2) is 23.2 Å². The first kappa shape index (κ1) is 17.4. The normalized spacial score (nSPS) is 26.8. The smallest absolute Gasteiger partial charge is 0.274 e. The van der Waals surface area contributed by atoms with E-state index in [0.717, 1.165) is 0 Å². The second-order valence-electron chi connectivity index (χ2n) is 5.83. The number of hydrogen-bond donors (Lipinski definition) is 0. The number of aryl methyl sites for hydroxylation is 1. The van der Waals surface area contributed by atoms with Gasteiger partial charge in [-0.05, 0) is 24.6 Å². The Morgan fingerprint density at radius 3 is 2.88 bits per heavy atom. The fourth-order valence-corrected chi connectivity index (χ4v) is 6.79. The third-order valence-electron chi connectivity index (χ3n) is 3.99. The van der Waals surface area contributed by atoms with Crippen LogP contribution < -0.4 is 4.90 Å². The summed E-state index contributed by atoms with van der Waals surface area (Å²) in [5.41, 5.74) is 0.995. The zero-order valence-corrected chi connectivity index (χ0v) is 14.9. The molecule has 9 heteroatoms. The fraction of sp³-hybridized carbons (Fsp3) is 0.467. The number of ether oxygens (including phenoxy) is 1. The van der Waals surface area contributed by atoms with Gasteiger partial charge in [0.1, 0.15) is 12.4 Å². The molecule has 0 N–H and O–H groups in total. The minimum Gasteiger partial charge on any atom is -0.375 e. The zero-order chi connectivity index (χ0) is 17.5. The summed E-state index contributed by atoms with van der Waals surface area (Å²) in [6.07, 6.45) is 0. The largest absolute Gasteiger partial charge is 0.375 e. The van der Waals surface area contributed by atoms with Gasteiger partial charge in [-0.25, -0.2) is 12.8 Å². The van der Waals surface area contributed by atoms with Gasteiger partial charge in [-0.15, -0.1) is 0 Å². The van der Waals surface area contributed by atoms with Crippen molar-refractivity contribution in [3.8, 4) is 0 Å². The Labute approximate surface area is 144 Å². The van der Waals surface area contributed by atoms with Gasteiger partial charge >= 0.3 is 0 Å². The first-order chi connectivity index (χ1) is 11.3. The molecule has 2 atom stereocenters. The lowest BCUT2D eigenvalue weighted by Crippen LogP contribution is -2.37. The molecule has 1 aromatic rings. The number of anilines is 1. The highest BCUT2D eigenvalue weighted by Crippen LogP contribution is 2.41. The molecule has 3 rings (SSSR count). The molecule has 1 aromatic carbocycles. The molecule has 2 aliphatic rings. The highest BCUT2D eigenvalue weighted by Gasteiger charge is 2.49. The van der Waals surface area contributed by atoms with E-state index in [1.54, 1.807) is 24.0 Å². The molecule has 0 bridgehead atoms. The van der Waals surface area contributed by atoms with E-state index in [0.29, 0.717) is 16.4 Å². The van der Waals surface area contributed by atoms with Crippen LogP contribution in [-0.4, -0.2) is 56.0 Å². The van der Waals surface area contributed by atoms with Gasteiger partial charge < -0.3 is 9.64 Å². The van der Waals surface area contributed by atoms with Crippen LogP contribution in [0.1, 0.15) is 5.56 Å². The summed E-state index contributed by atoms with van der Waals surface area (Å²) in [4.78, 5) is 17.5. The van der Waals surface area contributed by atoms with Crippen molar-refractivity contribution in [1.82, 2.24) is 0 Å². The average molecular weight is 372 g/mol. The Kier molecular flexibility index (Phi) is 4.67. The van der Waals surface area contributed by atoms with Crippen molar-refractivity contribution in [2.45, 2.75) is 18.2 Å². The number of fused-ring (bicyclic) bond motifs is 1. The Hall–Kier alpha value is -1.45. The number of methoxy groups -OCH3 is 1. The Bertz CT molecular complexity index is 810. The third-order valence-corrected chi connectivity index (χ3v) is 7.20. The van der Waals surface area contributed by atoms with Gasteiger partial charge in [-0.2, -0.15) is 4.99 Å². The third kappa shape index (κ3) is 3.33. The van der Waals surface area contributed by atoms with Gasteiger partial charge in [-0.3, -0.25) is 4.79 Å². The maximum absolute atomic E-state index is 14.0. The van der Waals surface area contributed by atoms with E-state index in [1.165, 1.54) is 24.9 Å². The molecule has 2 aliphatic heterocycles. The zero-order valence-electron chi connectivity index (χ0n) is 13.2. The molecule has 0 radical (unpaired) electrons. The number of amides is 1. The van der Waals surface area contributed by atoms with E-state index in [1.807, 2.05) is 0 Å². The minimum absolute atomic E-state index is 0.0301. The number of hydrogen-bond acceptors (Lipinski definition) is 5. The first-order valence-corrected chi connectivity index (χ1v) is 10.0. The lowest BCUT2D eigenvalue weighted by atomic mass is 10.1. The topological polar surface area (TPSA) is 76.0 Å². The van der Waals surface area contributed by atoms with Crippen molar-refractivity contribution in [2.24, 2.45) is 4.99 Å². The Morgan fingerprint density at radius 2 is 2.21 bits per heavy atom. The number of halogens is 1. The van der Waals surface area contributed by atoms with Crippen molar-refractivity contribution in [3.05, 3.63) is 29.6 Å². The predicted molar refractivity (Wildman–Crippen MR) is 91.8 cm³/mol. The van der Waals surface area contributed by atoms with Crippen molar-refractivity contribution in [1.29, 1.82) is 0 Å². The van der Waals surface area contributed by atoms with E-state index in [-0.39, 0.29) is 35.2 Å². The van der Waals surface area contributed by atoms with Crippen LogP contribution in [0, 0.1) is 12.7 Å². The lowest BCUT2D eigenvalue weighted by Gasteiger charge is -2.24. The maximum Gasteiger partial charge on any atom is 0.274 e. The molecule has 130 valence electrons. The van der Waals surface area contributed by atoms with E-state index >= 15 is 0 Å². The molecule has 1 amide bonds. The van der Waals surface area contributed by atoms with Crippen molar-refractivity contribution in [2.75, 3.05) is 30.1 Å². The quantitative estimate of drug-likeness (QED) is 0.798. The molecule has 0 aliphatic carbocycles. The van der Waals surface area contributed by atoms with Crippen molar-refractivity contribution in [3.63, 3.8) is 0 Å². The summed E-state index contributed by atoms with van der Waals surface area (Å²) in [6, 6.07) is 4.33. The molecule has 0 spiro atoms. The predicted octanol–water partition coefficient (Wildman–Crippen LogP) is 1.38. The van der Waals surface area contributed by atoms with Gasteiger partial charge in [0.05, 0.1) is 17.5 Å². The summed E-state index contributed by atoms with van der Waals surface area (Å²) < 4.78 is 42.6. The highest BCUT2D eigenvalue weighted by molar-refractivity contribution is 8.16. The maximum atomic E-state index is 14.0. The summed E-state index contributed by atoms with van der Waals surface area (Å²) in [6.45, 7) is 1.49. The summed E-state index contributed by atoms with van der Waals surface area (Å²) in [5.74, 6) is -0.840. The van der Waals surface area contributed by atoms with Gasteiger partial charge in [0.2, 0.25) is 0 Å². The van der Waals surface area contributed by atoms with Crippen LogP contribution in [0.5, 0.6) is 0 Å². The van der Waals surface area contributed by atoms with Crippen LogP contribution in [0.2, 0.25) is 0 Å². The van der Waals surface area contributed by atoms with Crippen molar-refractivity contribution >= 4 is 38.4 Å². The number of thioether (sulfide) groups is 1. The second kappa shape index (κ2) is 6.45. The molecule has 2 heterocycles. The van der Waals surface area contributed by atoms with Crippen LogP contribution in [0.3, 0.4) is 0 Å². The van der Waals surface area contributed by atoms with E-state index < -0.39 is 15.7 Å². The SMILES string of the molecule is COCC(=O)N=C1S[C@@H]2CS(=O)(=O)C[C@H]2N1c1ccc(C)c(F)c1. The number of rotatable bonds is 3. The fourth-order valence-electron chi connectivity index (χ4n) is 2.86. The van der Waals surface area contributed by atoms with Crippen LogP contribution in [-0.2, 0) is 19.4 Å². The standard InChI is InChI=1S/C15H17FN2O4S2/c1-9-3-4-10(5-11(9)16)18-12-7-24(20,21)8-13(12)23-15(18)17-14(19)6-22-2/h3-5,12-13H,6-8H2,1-2H3/t12-,13-/m1/s1. The monoisotopic (exact) mass is 372 g/mol. The van der Waals surface area contributed by atoms with Crippen LogP contribution in [0.25, 0.3) is 0 Å². The molecular formula is C15H17FN2O4S2. The van der Waals surface area contributed by atoms with Gasteiger partial charge in [0.15, 0.2) is 15.0 Å². The lowest BCUT2D eigenvalue weighted by molar-refractivity contribution is -0.121.